The molecule has 0 bridgehead atoms. The average molecular weight is 744 g/mol. The first-order chi connectivity index (χ1) is 25.2. The topological polar surface area (TPSA) is 124 Å². The Labute approximate surface area is 309 Å². The Balaban J connectivity index is 1.27. The summed E-state index contributed by atoms with van der Waals surface area (Å²) in [5.74, 6) is 1.30. The molecule has 5 rings (SSSR count). The largest absolute Gasteiger partial charge is 0.489 e. The van der Waals surface area contributed by atoms with Crippen molar-refractivity contribution in [1.82, 2.24) is 5.32 Å². The molecule has 0 heterocycles. The van der Waals surface area contributed by atoms with E-state index < -0.39 is 18.9 Å². The highest BCUT2D eigenvalue weighted by Crippen LogP contribution is 2.56. The van der Waals surface area contributed by atoms with Crippen molar-refractivity contribution in [2.75, 3.05) is 12.8 Å². The van der Waals surface area contributed by atoms with Crippen molar-refractivity contribution < 1.29 is 38.3 Å². The molecular weight excluding hydrogens is 701 g/mol. The second-order valence-corrected chi connectivity index (χ2v) is 15.3. The van der Waals surface area contributed by atoms with Crippen LogP contribution in [0.4, 0.5) is 4.79 Å². The SMILES string of the molecule is O=C(NC(CCCO)(OCc1ccc(OCc2ccccc2)cc1)P(=O)(O)CCc1cccc(Cl)c1)OCc1ccc(OCc2ccccc2)cc1. The van der Waals surface area contributed by atoms with E-state index in [1.54, 1.807) is 66.7 Å². The lowest BCUT2D eigenvalue weighted by Crippen LogP contribution is -2.51. The number of ether oxygens (including phenoxy) is 4. The molecule has 0 aromatic heterocycles. The molecule has 0 radical (unpaired) electrons. The van der Waals surface area contributed by atoms with Crippen molar-refractivity contribution >= 4 is 25.1 Å². The van der Waals surface area contributed by atoms with Gasteiger partial charge in [0.05, 0.1) is 6.61 Å². The minimum Gasteiger partial charge on any atom is -0.489 e. The predicted molar refractivity (Wildman–Crippen MR) is 201 cm³/mol. The van der Waals surface area contributed by atoms with Gasteiger partial charge in [-0.25, -0.2) is 4.79 Å². The number of aliphatic hydroxyl groups is 1. The van der Waals surface area contributed by atoms with Crippen LogP contribution in [0.15, 0.2) is 133 Å². The quantitative estimate of drug-likeness (QED) is 0.0566. The number of aliphatic hydroxyl groups excluding tert-OH is 1. The fourth-order valence-electron chi connectivity index (χ4n) is 5.40. The van der Waals surface area contributed by atoms with E-state index in [0.29, 0.717) is 40.9 Å². The fraction of sp³-hybridized carbons (Fsp3) is 0.244. The van der Waals surface area contributed by atoms with E-state index in [2.05, 4.69) is 5.32 Å². The highest BCUT2D eigenvalue weighted by atomic mass is 35.5. The minimum absolute atomic E-state index is 0.0820. The molecule has 1 amide bonds. The third-order valence-electron chi connectivity index (χ3n) is 8.32. The summed E-state index contributed by atoms with van der Waals surface area (Å²) in [6, 6.07) is 40.9. The molecule has 2 atom stereocenters. The van der Waals surface area contributed by atoms with Gasteiger partial charge in [-0.1, -0.05) is 109 Å². The van der Waals surface area contributed by atoms with Crippen LogP contribution in [0.25, 0.3) is 0 Å². The molecule has 0 fully saturated rings. The molecular formula is C41H43ClNO8P. The zero-order chi connectivity index (χ0) is 36.7. The lowest BCUT2D eigenvalue weighted by Gasteiger charge is -2.38. The van der Waals surface area contributed by atoms with E-state index in [4.69, 9.17) is 30.5 Å². The van der Waals surface area contributed by atoms with E-state index in [1.807, 2.05) is 66.7 Å². The second-order valence-electron chi connectivity index (χ2n) is 12.2. The van der Waals surface area contributed by atoms with Gasteiger partial charge in [-0.15, -0.1) is 0 Å². The third-order valence-corrected chi connectivity index (χ3v) is 11.0. The first-order valence-electron chi connectivity index (χ1n) is 17.0. The number of benzene rings is 5. The number of alkyl carbamates (subject to hydrolysis) is 1. The molecule has 0 aliphatic heterocycles. The Morgan fingerprint density at radius 2 is 1.19 bits per heavy atom. The Hall–Kier alpha value is -4.63. The number of amides is 1. The van der Waals surface area contributed by atoms with Gasteiger partial charge < -0.3 is 28.9 Å². The van der Waals surface area contributed by atoms with Crippen LogP contribution < -0.4 is 14.8 Å². The van der Waals surface area contributed by atoms with Crippen LogP contribution >= 0.6 is 19.0 Å². The minimum atomic E-state index is -4.35. The summed E-state index contributed by atoms with van der Waals surface area (Å²) in [4.78, 5) is 25.1. The zero-order valence-electron chi connectivity index (χ0n) is 28.7. The van der Waals surface area contributed by atoms with Crippen molar-refractivity contribution in [1.29, 1.82) is 0 Å². The molecule has 9 nitrogen and oxygen atoms in total. The van der Waals surface area contributed by atoms with Crippen molar-refractivity contribution in [3.8, 4) is 11.5 Å². The van der Waals surface area contributed by atoms with Gasteiger partial charge in [-0.3, -0.25) is 9.88 Å². The highest BCUT2D eigenvalue weighted by molar-refractivity contribution is 7.59. The Bertz CT molecular complexity index is 1880. The van der Waals surface area contributed by atoms with Gasteiger partial charge in [-0.2, -0.15) is 0 Å². The van der Waals surface area contributed by atoms with Crippen molar-refractivity contribution in [2.45, 2.75) is 51.2 Å². The molecule has 0 aliphatic rings. The molecule has 0 saturated heterocycles. The van der Waals surface area contributed by atoms with Crippen molar-refractivity contribution in [3.05, 3.63) is 166 Å². The number of rotatable bonds is 19. The zero-order valence-corrected chi connectivity index (χ0v) is 30.4. The number of hydrogen-bond acceptors (Lipinski definition) is 7. The molecule has 0 spiro atoms. The summed E-state index contributed by atoms with van der Waals surface area (Å²) in [5, 5.41) is 12.9. The summed E-state index contributed by atoms with van der Waals surface area (Å²) in [6.45, 7) is 0.307. The summed E-state index contributed by atoms with van der Waals surface area (Å²) in [7, 11) is -4.35. The lowest BCUT2D eigenvalue weighted by molar-refractivity contribution is -0.0351. The number of carbonyl (C=O) groups is 1. The fourth-order valence-corrected chi connectivity index (χ4v) is 7.57. The van der Waals surface area contributed by atoms with Gasteiger partial charge in [0, 0.05) is 24.2 Å². The molecule has 52 heavy (non-hydrogen) atoms. The van der Waals surface area contributed by atoms with E-state index in [1.165, 1.54) is 0 Å². The summed E-state index contributed by atoms with van der Waals surface area (Å²) < 4.78 is 37.8. The van der Waals surface area contributed by atoms with E-state index in [0.717, 1.165) is 16.7 Å². The Morgan fingerprint density at radius 1 is 0.673 bits per heavy atom. The third kappa shape index (κ3) is 11.7. The lowest BCUT2D eigenvalue weighted by atomic mass is 10.2. The van der Waals surface area contributed by atoms with Crippen LogP contribution in [0.1, 0.15) is 40.7 Å². The van der Waals surface area contributed by atoms with Crippen molar-refractivity contribution in [2.24, 2.45) is 0 Å². The van der Waals surface area contributed by atoms with Crippen molar-refractivity contribution in [3.63, 3.8) is 0 Å². The molecule has 3 N–H and O–H groups in total. The number of hydrogen-bond donors (Lipinski definition) is 3. The molecule has 2 unspecified atom stereocenters. The van der Waals surface area contributed by atoms with Crippen LogP contribution in [0.5, 0.6) is 11.5 Å². The highest BCUT2D eigenvalue weighted by Gasteiger charge is 2.49. The van der Waals surface area contributed by atoms with Crippen LogP contribution in [0, 0.1) is 0 Å². The molecule has 0 saturated carbocycles. The Kier molecular flexibility index (Phi) is 14.3. The maximum absolute atomic E-state index is 14.3. The molecule has 11 heteroatoms. The second kappa shape index (κ2) is 19.3. The standard InChI is InChI=1S/C41H43ClNO8P/c42-37-14-7-13-32(27-37)23-26-52(46,47)41(24-8-25-44,51-31-36-17-21-39(22-18-36)49-29-34-11-5-2-6-12-34)43-40(45)50-30-35-15-19-38(20-16-35)48-28-33-9-3-1-4-10-33/h1-7,9-22,27,44H,8,23-26,28-31H2,(H,43,45)(H,46,47). The molecule has 5 aromatic carbocycles. The van der Waals surface area contributed by atoms with Crippen LogP contribution in [0.2, 0.25) is 5.02 Å². The smallest absolute Gasteiger partial charge is 0.410 e. The van der Waals surface area contributed by atoms with Crippen LogP contribution in [-0.2, 0) is 46.9 Å². The molecule has 272 valence electrons. The van der Waals surface area contributed by atoms with Gasteiger partial charge in [-0.05, 0) is 77.1 Å². The Morgan fingerprint density at radius 3 is 1.73 bits per heavy atom. The van der Waals surface area contributed by atoms with E-state index >= 15 is 0 Å². The van der Waals surface area contributed by atoms with Gasteiger partial charge in [0.15, 0.2) is 0 Å². The van der Waals surface area contributed by atoms with E-state index in [9.17, 15) is 19.4 Å². The summed E-state index contributed by atoms with van der Waals surface area (Å²) in [5.41, 5.74) is 2.12. The van der Waals surface area contributed by atoms with Gasteiger partial charge in [0.1, 0.15) is 31.3 Å². The number of aryl methyl sites for hydroxylation is 1. The normalized spacial score (nSPS) is 13.4. The number of nitrogens with one attached hydrogen (secondary N) is 1. The number of halogens is 1. The maximum atomic E-state index is 14.3. The summed E-state index contributed by atoms with van der Waals surface area (Å²) >= 11 is 6.16. The van der Waals surface area contributed by atoms with E-state index in [-0.39, 0.29) is 45.2 Å². The predicted octanol–water partition coefficient (Wildman–Crippen LogP) is 8.88. The van der Waals surface area contributed by atoms with Crippen LogP contribution in [0.3, 0.4) is 0 Å². The first kappa shape index (κ1) is 38.6. The average Bonchev–Trinajstić information content (AvgIpc) is 3.17. The summed E-state index contributed by atoms with van der Waals surface area (Å²) in [6.07, 6.45) is -1.03. The number of carbonyl (C=O) groups excluding carboxylic acids is 1. The molecule has 5 aromatic rings. The first-order valence-corrected chi connectivity index (χ1v) is 19.2. The molecule has 0 aliphatic carbocycles. The van der Waals surface area contributed by atoms with Gasteiger partial charge in [0.25, 0.3) is 7.37 Å². The van der Waals surface area contributed by atoms with Gasteiger partial charge >= 0.3 is 6.09 Å². The van der Waals surface area contributed by atoms with Gasteiger partial charge in [0.2, 0.25) is 5.47 Å². The maximum Gasteiger partial charge on any atom is 0.410 e. The monoisotopic (exact) mass is 743 g/mol. The van der Waals surface area contributed by atoms with Crippen LogP contribution in [-0.4, -0.2) is 34.3 Å².